The second kappa shape index (κ2) is 7.26. The van der Waals surface area contributed by atoms with Crippen LogP contribution in [0.3, 0.4) is 0 Å². The summed E-state index contributed by atoms with van der Waals surface area (Å²) in [6, 6.07) is 7.04. The summed E-state index contributed by atoms with van der Waals surface area (Å²) in [7, 11) is 0. The molecule has 0 saturated carbocycles. The van der Waals surface area contributed by atoms with Gasteiger partial charge < -0.3 is 20.5 Å². The van der Waals surface area contributed by atoms with Crippen molar-refractivity contribution in [2.75, 3.05) is 18.5 Å². The summed E-state index contributed by atoms with van der Waals surface area (Å²) in [6.45, 7) is 8.29. The van der Waals surface area contributed by atoms with Gasteiger partial charge in [-0.2, -0.15) is 0 Å². The van der Waals surface area contributed by atoms with Crippen LogP contribution in [-0.2, 0) is 4.79 Å². The summed E-state index contributed by atoms with van der Waals surface area (Å²) >= 11 is 0. The zero-order chi connectivity index (χ0) is 15.2. The fraction of sp³-hybridized carbons (Fsp3) is 0.533. The van der Waals surface area contributed by atoms with Crippen molar-refractivity contribution in [3.05, 3.63) is 24.3 Å². The highest BCUT2D eigenvalue weighted by molar-refractivity contribution is 5.88. The summed E-state index contributed by atoms with van der Waals surface area (Å²) in [5.41, 5.74) is 0.695. The summed E-state index contributed by atoms with van der Waals surface area (Å²) in [5, 5.41) is 15.7. The molecule has 1 aromatic carbocycles. The number of aliphatic hydroxyl groups excluding tert-OH is 1. The molecule has 112 valence electrons. The molecule has 1 atom stereocenters. The Hall–Kier alpha value is -1.59. The SMILES string of the molecule is CC(=O)Nc1ccc(OCC(O)CNC(C)(C)C)cc1. The van der Waals surface area contributed by atoms with Crippen molar-refractivity contribution < 1.29 is 14.6 Å². The van der Waals surface area contributed by atoms with E-state index < -0.39 is 6.10 Å². The third-order valence-electron chi connectivity index (χ3n) is 2.49. The predicted molar refractivity (Wildman–Crippen MR) is 80.0 cm³/mol. The molecule has 0 radical (unpaired) electrons. The van der Waals surface area contributed by atoms with Crippen molar-refractivity contribution in [1.29, 1.82) is 0 Å². The van der Waals surface area contributed by atoms with Crippen LogP contribution in [0.2, 0.25) is 0 Å². The first kappa shape index (κ1) is 16.5. The van der Waals surface area contributed by atoms with Crippen LogP contribution in [-0.4, -0.2) is 35.8 Å². The van der Waals surface area contributed by atoms with Gasteiger partial charge in [0.2, 0.25) is 5.91 Å². The highest BCUT2D eigenvalue weighted by Gasteiger charge is 2.12. The van der Waals surface area contributed by atoms with Crippen LogP contribution in [0, 0.1) is 0 Å². The van der Waals surface area contributed by atoms with Crippen LogP contribution in [0.1, 0.15) is 27.7 Å². The summed E-state index contributed by atoms with van der Waals surface area (Å²) in [6.07, 6.45) is -0.566. The van der Waals surface area contributed by atoms with E-state index in [0.29, 0.717) is 12.3 Å². The lowest BCUT2D eigenvalue weighted by atomic mass is 10.1. The average Bonchev–Trinajstić information content (AvgIpc) is 2.34. The monoisotopic (exact) mass is 280 g/mol. The second-order valence-electron chi connectivity index (χ2n) is 5.80. The van der Waals surface area contributed by atoms with Crippen LogP contribution in [0.5, 0.6) is 5.75 Å². The Bertz CT molecular complexity index is 424. The molecule has 0 aromatic heterocycles. The normalized spacial score (nSPS) is 12.8. The van der Waals surface area contributed by atoms with E-state index in [2.05, 4.69) is 10.6 Å². The number of nitrogens with one attached hydrogen (secondary N) is 2. The maximum Gasteiger partial charge on any atom is 0.221 e. The van der Waals surface area contributed by atoms with E-state index in [1.165, 1.54) is 6.92 Å². The van der Waals surface area contributed by atoms with E-state index in [1.54, 1.807) is 24.3 Å². The quantitative estimate of drug-likeness (QED) is 0.743. The third-order valence-corrected chi connectivity index (χ3v) is 2.49. The fourth-order valence-corrected chi connectivity index (χ4v) is 1.51. The maximum absolute atomic E-state index is 10.9. The number of amides is 1. The molecule has 1 rings (SSSR count). The smallest absolute Gasteiger partial charge is 0.221 e. The molecule has 0 heterocycles. The number of hydrogen-bond acceptors (Lipinski definition) is 4. The maximum atomic E-state index is 10.9. The van der Waals surface area contributed by atoms with Gasteiger partial charge in [0, 0.05) is 24.7 Å². The number of ether oxygens (including phenoxy) is 1. The second-order valence-corrected chi connectivity index (χ2v) is 5.80. The molecule has 1 amide bonds. The van der Waals surface area contributed by atoms with Gasteiger partial charge in [-0.15, -0.1) is 0 Å². The third kappa shape index (κ3) is 7.11. The van der Waals surface area contributed by atoms with E-state index in [9.17, 15) is 9.90 Å². The van der Waals surface area contributed by atoms with E-state index in [0.717, 1.165) is 5.69 Å². The van der Waals surface area contributed by atoms with Crippen LogP contribution >= 0.6 is 0 Å². The van der Waals surface area contributed by atoms with E-state index in [1.807, 2.05) is 20.8 Å². The molecule has 5 nitrogen and oxygen atoms in total. The Morgan fingerprint density at radius 1 is 1.30 bits per heavy atom. The molecule has 0 fully saturated rings. The number of benzene rings is 1. The zero-order valence-corrected chi connectivity index (χ0v) is 12.6. The topological polar surface area (TPSA) is 70.6 Å². The first-order chi connectivity index (χ1) is 9.26. The van der Waals surface area contributed by atoms with Gasteiger partial charge >= 0.3 is 0 Å². The Kier molecular flexibility index (Phi) is 5.98. The minimum atomic E-state index is -0.566. The highest BCUT2D eigenvalue weighted by atomic mass is 16.5. The van der Waals surface area contributed by atoms with Crippen LogP contribution < -0.4 is 15.4 Å². The number of aliphatic hydroxyl groups is 1. The van der Waals surface area contributed by atoms with Crippen LogP contribution in [0.25, 0.3) is 0 Å². The minimum Gasteiger partial charge on any atom is -0.491 e. The van der Waals surface area contributed by atoms with Gasteiger partial charge in [0.05, 0.1) is 0 Å². The molecule has 5 heteroatoms. The molecule has 0 spiro atoms. The molecular weight excluding hydrogens is 256 g/mol. The van der Waals surface area contributed by atoms with E-state index in [-0.39, 0.29) is 18.1 Å². The van der Waals surface area contributed by atoms with Crippen molar-refractivity contribution in [1.82, 2.24) is 5.32 Å². The molecule has 20 heavy (non-hydrogen) atoms. The van der Waals surface area contributed by atoms with Gasteiger partial charge in [-0.25, -0.2) is 0 Å². The number of anilines is 1. The van der Waals surface area contributed by atoms with Crippen molar-refractivity contribution in [2.24, 2.45) is 0 Å². The molecule has 0 bridgehead atoms. The lowest BCUT2D eigenvalue weighted by molar-refractivity contribution is -0.114. The number of rotatable bonds is 6. The number of carbonyl (C=O) groups excluding carboxylic acids is 1. The lowest BCUT2D eigenvalue weighted by Gasteiger charge is -2.23. The Balaban J connectivity index is 2.36. The highest BCUT2D eigenvalue weighted by Crippen LogP contribution is 2.15. The van der Waals surface area contributed by atoms with Gasteiger partial charge in [0.15, 0.2) is 0 Å². The van der Waals surface area contributed by atoms with Gasteiger partial charge in [-0.05, 0) is 45.0 Å². The summed E-state index contributed by atoms with van der Waals surface area (Å²) < 4.78 is 5.49. The molecule has 3 N–H and O–H groups in total. The van der Waals surface area contributed by atoms with Crippen molar-refractivity contribution in [3.8, 4) is 5.75 Å². The predicted octanol–water partition coefficient (Wildman–Crippen LogP) is 1.77. The first-order valence-corrected chi connectivity index (χ1v) is 6.70. The molecular formula is C15H24N2O3. The lowest BCUT2D eigenvalue weighted by Crippen LogP contribution is -2.42. The van der Waals surface area contributed by atoms with Crippen molar-refractivity contribution in [2.45, 2.75) is 39.3 Å². The molecule has 0 aliphatic rings. The molecule has 0 aliphatic heterocycles. The fourth-order valence-electron chi connectivity index (χ4n) is 1.51. The zero-order valence-electron chi connectivity index (χ0n) is 12.6. The molecule has 0 saturated heterocycles. The number of carbonyl (C=O) groups is 1. The van der Waals surface area contributed by atoms with E-state index in [4.69, 9.17) is 4.74 Å². The largest absolute Gasteiger partial charge is 0.491 e. The van der Waals surface area contributed by atoms with Gasteiger partial charge in [-0.3, -0.25) is 4.79 Å². The molecule has 1 aromatic rings. The number of hydrogen-bond donors (Lipinski definition) is 3. The molecule has 1 unspecified atom stereocenters. The first-order valence-electron chi connectivity index (χ1n) is 6.70. The standard InChI is InChI=1S/C15H24N2O3/c1-11(18)17-12-5-7-14(8-6-12)20-10-13(19)9-16-15(2,3)4/h5-8,13,16,19H,9-10H2,1-4H3,(H,17,18). The van der Waals surface area contributed by atoms with Gasteiger partial charge in [0.1, 0.15) is 18.5 Å². The van der Waals surface area contributed by atoms with Crippen molar-refractivity contribution >= 4 is 11.6 Å². The summed E-state index contributed by atoms with van der Waals surface area (Å²) in [4.78, 5) is 10.9. The average molecular weight is 280 g/mol. The Morgan fingerprint density at radius 3 is 2.40 bits per heavy atom. The number of β-amino-alcohol motifs (C(OH)–C–C–N with tert-alkyl or cyclic N) is 1. The Labute approximate surface area is 120 Å². The van der Waals surface area contributed by atoms with Crippen LogP contribution in [0.15, 0.2) is 24.3 Å². The Morgan fingerprint density at radius 2 is 1.90 bits per heavy atom. The molecule has 0 aliphatic carbocycles. The van der Waals surface area contributed by atoms with Gasteiger partial charge in [-0.1, -0.05) is 0 Å². The van der Waals surface area contributed by atoms with Crippen LogP contribution in [0.4, 0.5) is 5.69 Å². The van der Waals surface area contributed by atoms with Gasteiger partial charge in [0.25, 0.3) is 0 Å². The van der Waals surface area contributed by atoms with E-state index >= 15 is 0 Å². The van der Waals surface area contributed by atoms with Crippen molar-refractivity contribution in [3.63, 3.8) is 0 Å². The minimum absolute atomic E-state index is 0.0268. The summed E-state index contributed by atoms with van der Waals surface area (Å²) in [5.74, 6) is 0.552.